The van der Waals surface area contributed by atoms with Crippen LogP contribution >= 0.6 is 0 Å². The quantitative estimate of drug-likeness (QED) is 0.664. The van der Waals surface area contributed by atoms with Gasteiger partial charge >= 0.3 is 0 Å². The number of ether oxygens (including phenoxy) is 1. The van der Waals surface area contributed by atoms with Gasteiger partial charge in [-0.05, 0) is 48.9 Å². The molecule has 1 heterocycles. The van der Waals surface area contributed by atoms with Crippen LogP contribution in [0.15, 0.2) is 48.5 Å². The van der Waals surface area contributed by atoms with Crippen LogP contribution in [-0.4, -0.2) is 23.9 Å². The second-order valence-corrected chi connectivity index (χ2v) is 7.21. The van der Waals surface area contributed by atoms with E-state index in [4.69, 9.17) is 4.74 Å². The number of aryl methyl sites for hydroxylation is 1. The number of aromatic nitrogens is 1. The van der Waals surface area contributed by atoms with Crippen LogP contribution in [0.2, 0.25) is 0 Å². The highest BCUT2D eigenvalue weighted by Crippen LogP contribution is 2.22. The molecule has 0 aliphatic heterocycles. The van der Waals surface area contributed by atoms with Gasteiger partial charge in [0.1, 0.15) is 5.75 Å². The first-order chi connectivity index (χ1) is 13.9. The fourth-order valence-electron chi connectivity index (χ4n) is 2.93. The van der Waals surface area contributed by atoms with Gasteiger partial charge in [0, 0.05) is 23.5 Å². The molecule has 0 bridgehead atoms. The minimum absolute atomic E-state index is 0.0422. The molecular weight excluding hydrogens is 366 g/mol. The number of rotatable bonds is 6. The zero-order chi connectivity index (χ0) is 21.0. The summed E-state index contributed by atoms with van der Waals surface area (Å²) in [4.78, 5) is 29.1. The number of nitrogens with one attached hydrogen (secondary N) is 2. The van der Waals surface area contributed by atoms with Gasteiger partial charge in [0.15, 0.2) is 0 Å². The van der Waals surface area contributed by atoms with Crippen LogP contribution in [0.25, 0.3) is 10.9 Å². The van der Waals surface area contributed by atoms with Crippen LogP contribution < -0.4 is 15.4 Å². The van der Waals surface area contributed by atoms with Crippen LogP contribution in [0.5, 0.6) is 5.75 Å². The molecule has 3 rings (SSSR count). The molecule has 2 amide bonds. The minimum Gasteiger partial charge on any atom is -0.497 e. The normalized spacial score (nSPS) is 10.8. The summed E-state index contributed by atoms with van der Waals surface area (Å²) in [6.45, 7) is 5.85. The fourth-order valence-corrected chi connectivity index (χ4v) is 2.93. The van der Waals surface area contributed by atoms with Gasteiger partial charge in [-0.2, -0.15) is 0 Å². The van der Waals surface area contributed by atoms with E-state index in [1.807, 2.05) is 69.3 Å². The number of fused-ring (bicyclic) bond motifs is 1. The number of methoxy groups -OCH3 is 1. The molecule has 0 atom stereocenters. The predicted octanol–water partition coefficient (Wildman–Crippen LogP) is 4.08. The fraction of sp³-hybridized carbons (Fsp3) is 0.261. The Hall–Kier alpha value is -3.41. The van der Waals surface area contributed by atoms with Crippen molar-refractivity contribution >= 4 is 28.4 Å². The number of carbonyl (C=O) groups is 2. The van der Waals surface area contributed by atoms with Crippen LogP contribution in [0.1, 0.15) is 35.5 Å². The number of pyridine rings is 1. The van der Waals surface area contributed by atoms with Crippen molar-refractivity contribution in [2.75, 3.05) is 12.4 Å². The number of hydrogen-bond donors (Lipinski definition) is 2. The molecule has 0 saturated heterocycles. The standard InChI is InChI=1S/C23H25N3O3/c1-14(2)22(27)26-18-7-5-6-16(10-18)13-24-23(28)20-12-17-11-19(29-4)8-9-21(17)25-15(20)3/h5-12,14H,13H2,1-4H3,(H,24,28)(H,26,27). The molecule has 2 aromatic carbocycles. The maximum Gasteiger partial charge on any atom is 0.253 e. The summed E-state index contributed by atoms with van der Waals surface area (Å²) in [5, 5.41) is 6.64. The third kappa shape index (κ3) is 4.90. The lowest BCUT2D eigenvalue weighted by molar-refractivity contribution is -0.118. The lowest BCUT2D eigenvalue weighted by Gasteiger charge is -2.11. The Morgan fingerprint density at radius 1 is 1.10 bits per heavy atom. The molecule has 2 N–H and O–H groups in total. The van der Waals surface area contributed by atoms with E-state index in [0.717, 1.165) is 22.2 Å². The van der Waals surface area contributed by atoms with Gasteiger partial charge in [-0.3, -0.25) is 14.6 Å². The zero-order valence-corrected chi connectivity index (χ0v) is 17.1. The Bertz CT molecular complexity index is 1060. The van der Waals surface area contributed by atoms with E-state index in [1.54, 1.807) is 7.11 Å². The first kappa shape index (κ1) is 20.3. The number of carbonyl (C=O) groups excluding carboxylic acids is 2. The van der Waals surface area contributed by atoms with E-state index in [9.17, 15) is 9.59 Å². The molecule has 0 aliphatic carbocycles. The van der Waals surface area contributed by atoms with Crippen molar-refractivity contribution in [2.24, 2.45) is 5.92 Å². The van der Waals surface area contributed by atoms with Gasteiger partial charge in [-0.15, -0.1) is 0 Å². The van der Waals surface area contributed by atoms with Gasteiger partial charge in [0.05, 0.1) is 23.9 Å². The van der Waals surface area contributed by atoms with E-state index in [-0.39, 0.29) is 17.7 Å². The molecule has 6 heteroatoms. The van der Waals surface area contributed by atoms with Crippen LogP contribution in [0.4, 0.5) is 5.69 Å². The third-order valence-corrected chi connectivity index (χ3v) is 4.63. The van der Waals surface area contributed by atoms with Crippen molar-refractivity contribution in [3.63, 3.8) is 0 Å². The number of amides is 2. The lowest BCUT2D eigenvalue weighted by atomic mass is 10.1. The molecule has 150 valence electrons. The Labute approximate surface area is 170 Å². The average molecular weight is 391 g/mol. The maximum absolute atomic E-state index is 12.7. The maximum atomic E-state index is 12.7. The highest BCUT2D eigenvalue weighted by Gasteiger charge is 2.13. The molecule has 0 aliphatic rings. The van der Waals surface area contributed by atoms with Crippen LogP contribution in [0, 0.1) is 12.8 Å². The molecule has 29 heavy (non-hydrogen) atoms. The largest absolute Gasteiger partial charge is 0.497 e. The van der Waals surface area contributed by atoms with Gasteiger partial charge in [-0.25, -0.2) is 0 Å². The second-order valence-electron chi connectivity index (χ2n) is 7.21. The second kappa shape index (κ2) is 8.73. The Kier molecular flexibility index (Phi) is 6.12. The van der Waals surface area contributed by atoms with E-state index in [2.05, 4.69) is 15.6 Å². The van der Waals surface area contributed by atoms with E-state index in [0.29, 0.717) is 23.5 Å². The summed E-state index contributed by atoms with van der Waals surface area (Å²) in [7, 11) is 1.61. The monoisotopic (exact) mass is 391 g/mol. The Morgan fingerprint density at radius 2 is 1.90 bits per heavy atom. The molecule has 6 nitrogen and oxygen atoms in total. The number of hydrogen-bond acceptors (Lipinski definition) is 4. The SMILES string of the molecule is COc1ccc2nc(C)c(C(=O)NCc3cccc(NC(=O)C(C)C)c3)cc2c1. The Morgan fingerprint density at radius 3 is 2.62 bits per heavy atom. The lowest BCUT2D eigenvalue weighted by Crippen LogP contribution is -2.24. The summed E-state index contributed by atoms with van der Waals surface area (Å²) in [6, 6.07) is 14.9. The van der Waals surface area contributed by atoms with Gasteiger partial charge in [0.2, 0.25) is 5.91 Å². The molecule has 0 spiro atoms. The summed E-state index contributed by atoms with van der Waals surface area (Å²) >= 11 is 0. The highest BCUT2D eigenvalue weighted by molar-refractivity contribution is 5.98. The molecule has 1 aromatic heterocycles. The smallest absolute Gasteiger partial charge is 0.253 e. The molecular formula is C23H25N3O3. The van der Waals surface area contributed by atoms with Crippen molar-refractivity contribution < 1.29 is 14.3 Å². The van der Waals surface area contributed by atoms with E-state index < -0.39 is 0 Å². The number of nitrogens with zero attached hydrogens (tertiary/aromatic N) is 1. The van der Waals surface area contributed by atoms with Crippen molar-refractivity contribution in [1.29, 1.82) is 0 Å². The zero-order valence-electron chi connectivity index (χ0n) is 17.1. The summed E-state index contributed by atoms with van der Waals surface area (Å²) in [5.74, 6) is 0.381. The van der Waals surface area contributed by atoms with E-state index in [1.165, 1.54) is 0 Å². The van der Waals surface area contributed by atoms with Crippen LogP contribution in [-0.2, 0) is 11.3 Å². The minimum atomic E-state index is -0.198. The molecule has 0 unspecified atom stereocenters. The number of benzene rings is 2. The van der Waals surface area contributed by atoms with E-state index >= 15 is 0 Å². The molecule has 3 aromatic rings. The van der Waals surface area contributed by atoms with Crippen molar-refractivity contribution in [2.45, 2.75) is 27.3 Å². The topological polar surface area (TPSA) is 80.3 Å². The highest BCUT2D eigenvalue weighted by atomic mass is 16.5. The predicted molar refractivity (Wildman–Crippen MR) is 114 cm³/mol. The first-order valence-electron chi connectivity index (χ1n) is 9.51. The average Bonchev–Trinajstić information content (AvgIpc) is 2.71. The Balaban J connectivity index is 1.74. The molecule has 0 saturated carbocycles. The van der Waals surface area contributed by atoms with Gasteiger partial charge in [-0.1, -0.05) is 26.0 Å². The summed E-state index contributed by atoms with van der Waals surface area (Å²) in [5.41, 5.74) is 3.61. The summed E-state index contributed by atoms with van der Waals surface area (Å²) < 4.78 is 5.25. The van der Waals surface area contributed by atoms with Crippen LogP contribution in [0.3, 0.4) is 0 Å². The number of anilines is 1. The van der Waals surface area contributed by atoms with Gasteiger partial charge in [0.25, 0.3) is 5.91 Å². The van der Waals surface area contributed by atoms with Crippen molar-refractivity contribution in [3.05, 3.63) is 65.4 Å². The summed E-state index contributed by atoms with van der Waals surface area (Å²) in [6.07, 6.45) is 0. The first-order valence-corrected chi connectivity index (χ1v) is 9.51. The molecule has 0 fully saturated rings. The molecule has 0 radical (unpaired) electrons. The third-order valence-electron chi connectivity index (χ3n) is 4.63. The van der Waals surface area contributed by atoms with Crippen molar-refractivity contribution in [1.82, 2.24) is 10.3 Å². The van der Waals surface area contributed by atoms with Gasteiger partial charge < -0.3 is 15.4 Å². The van der Waals surface area contributed by atoms with Crippen molar-refractivity contribution in [3.8, 4) is 5.75 Å².